The molecule has 2 fully saturated rings. The molecule has 0 spiro atoms. The number of nitrogens with zero attached hydrogens (tertiary/aromatic N) is 1. The van der Waals surface area contributed by atoms with Gasteiger partial charge in [0.2, 0.25) is 0 Å². The SMILES string of the molecule is Cc1cccc(C2(C(=O)O)CC3CCC(C2)N3C)c1. The zero-order chi connectivity index (χ0) is 13.6. The molecular formula is C16H21NO2. The molecule has 2 unspecified atom stereocenters. The first-order chi connectivity index (χ1) is 9.03. The van der Waals surface area contributed by atoms with E-state index in [1.165, 1.54) is 0 Å². The second kappa shape index (κ2) is 4.34. The van der Waals surface area contributed by atoms with Crippen molar-refractivity contribution in [1.82, 2.24) is 4.90 Å². The number of piperidine rings is 1. The molecule has 1 N–H and O–H groups in total. The van der Waals surface area contributed by atoms with E-state index >= 15 is 0 Å². The lowest BCUT2D eigenvalue weighted by atomic mass is 9.70. The fourth-order valence-electron chi connectivity index (χ4n) is 3.95. The molecule has 3 nitrogen and oxygen atoms in total. The Morgan fingerprint density at radius 3 is 2.47 bits per heavy atom. The van der Waals surface area contributed by atoms with Gasteiger partial charge in [-0.1, -0.05) is 29.8 Å². The first kappa shape index (κ1) is 12.7. The fraction of sp³-hybridized carbons (Fsp3) is 0.562. The first-order valence-electron chi connectivity index (χ1n) is 7.05. The lowest BCUT2D eigenvalue weighted by molar-refractivity contribution is -0.147. The Kier molecular flexibility index (Phi) is 2.90. The summed E-state index contributed by atoms with van der Waals surface area (Å²) in [5, 5.41) is 9.86. The summed E-state index contributed by atoms with van der Waals surface area (Å²) in [5.74, 6) is -0.650. The lowest BCUT2D eigenvalue weighted by Gasteiger charge is -2.43. The molecule has 0 radical (unpaired) electrons. The van der Waals surface area contributed by atoms with Crippen LogP contribution < -0.4 is 0 Å². The maximum Gasteiger partial charge on any atom is 0.314 e. The number of hydrogen-bond donors (Lipinski definition) is 1. The lowest BCUT2D eigenvalue weighted by Crippen LogP contribution is -2.51. The van der Waals surface area contributed by atoms with Crippen LogP contribution in [0.1, 0.15) is 36.8 Å². The molecule has 2 aliphatic heterocycles. The van der Waals surface area contributed by atoms with Gasteiger partial charge in [0.1, 0.15) is 0 Å². The molecule has 3 heteroatoms. The van der Waals surface area contributed by atoms with Crippen molar-refractivity contribution in [1.29, 1.82) is 0 Å². The average Bonchev–Trinajstić information content (AvgIpc) is 2.62. The van der Waals surface area contributed by atoms with Crippen LogP contribution in [0.4, 0.5) is 0 Å². The number of hydrogen-bond acceptors (Lipinski definition) is 2. The predicted molar refractivity (Wildman–Crippen MR) is 74.3 cm³/mol. The second-order valence-corrected chi connectivity index (χ2v) is 6.22. The highest BCUT2D eigenvalue weighted by Gasteiger charge is 2.52. The second-order valence-electron chi connectivity index (χ2n) is 6.22. The normalized spacial score (nSPS) is 34.4. The number of benzene rings is 1. The van der Waals surface area contributed by atoms with Gasteiger partial charge in [-0.2, -0.15) is 0 Å². The molecule has 0 aromatic heterocycles. The van der Waals surface area contributed by atoms with E-state index in [1.54, 1.807) is 0 Å². The summed E-state index contributed by atoms with van der Waals surface area (Å²) in [6.45, 7) is 2.03. The minimum absolute atomic E-state index is 0.426. The molecule has 2 heterocycles. The molecule has 0 aliphatic carbocycles. The monoisotopic (exact) mass is 259 g/mol. The van der Waals surface area contributed by atoms with Gasteiger partial charge in [-0.05, 0) is 45.2 Å². The minimum Gasteiger partial charge on any atom is -0.481 e. The number of aryl methyl sites for hydroxylation is 1. The molecule has 2 aliphatic rings. The molecular weight excluding hydrogens is 238 g/mol. The van der Waals surface area contributed by atoms with Crippen molar-refractivity contribution in [3.05, 3.63) is 35.4 Å². The summed E-state index contributed by atoms with van der Waals surface area (Å²) in [6.07, 6.45) is 3.78. The average molecular weight is 259 g/mol. The summed E-state index contributed by atoms with van der Waals surface area (Å²) < 4.78 is 0. The minimum atomic E-state index is -0.676. The van der Waals surface area contributed by atoms with Crippen molar-refractivity contribution in [2.45, 2.75) is 50.1 Å². The summed E-state index contributed by atoms with van der Waals surface area (Å²) in [6, 6.07) is 8.91. The van der Waals surface area contributed by atoms with E-state index in [-0.39, 0.29) is 0 Å². The topological polar surface area (TPSA) is 40.5 Å². The maximum atomic E-state index is 12.0. The largest absolute Gasteiger partial charge is 0.481 e. The Bertz CT molecular complexity index is 497. The Morgan fingerprint density at radius 2 is 1.95 bits per heavy atom. The summed E-state index contributed by atoms with van der Waals surface area (Å²) in [7, 11) is 2.14. The molecule has 102 valence electrons. The quantitative estimate of drug-likeness (QED) is 0.887. The van der Waals surface area contributed by atoms with Gasteiger partial charge < -0.3 is 10.0 Å². The molecule has 1 aromatic carbocycles. The van der Waals surface area contributed by atoms with Crippen LogP contribution >= 0.6 is 0 Å². The van der Waals surface area contributed by atoms with Gasteiger partial charge >= 0.3 is 5.97 Å². The first-order valence-corrected chi connectivity index (χ1v) is 7.05. The van der Waals surface area contributed by atoms with Crippen LogP contribution in [0, 0.1) is 6.92 Å². The third-order valence-electron chi connectivity index (χ3n) is 5.13. The van der Waals surface area contributed by atoms with E-state index in [0.717, 1.165) is 36.8 Å². The molecule has 0 saturated carbocycles. The van der Waals surface area contributed by atoms with Crippen molar-refractivity contribution < 1.29 is 9.90 Å². The van der Waals surface area contributed by atoms with Crippen LogP contribution in [-0.2, 0) is 10.2 Å². The molecule has 19 heavy (non-hydrogen) atoms. The van der Waals surface area contributed by atoms with Crippen molar-refractivity contribution in [3.8, 4) is 0 Å². The Hall–Kier alpha value is -1.35. The Labute approximate surface area is 114 Å². The summed E-state index contributed by atoms with van der Waals surface area (Å²) in [5.41, 5.74) is 1.46. The van der Waals surface area contributed by atoms with Gasteiger partial charge in [-0.25, -0.2) is 0 Å². The standard InChI is InChI=1S/C16H21NO2/c1-11-4-3-5-12(8-11)16(15(18)19)9-13-6-7-14(10-16)17(13)2/h3-5,8,13-14H,6-7,9-10H2,1-2H3,(H,18,19). The van der Waals surface area contributed by atoms with Crippen molar-refractivity contribution in [3.63, 3.8) is 0 Å². The van der Waals surface area contributed by atoms with Crippen molar-refractivity contribution >= 4 is 5.97 Å². The number of rotatable bonds is 2. The van der Waals surface area contributed by atoms with E-state index in [4.69, 9.17) is 0 Å². The van der Waals surface area contributed by atoms with Gasteiger partial charge in [0.25, 0.3) is 0 Å². The van der Waals surface area contributed by atoms with Gasteiger partial charge in [-0.15, -0.1) is 0 Å². The number of fused-ring (bicyclic) bond motifs is 2. The smallest absolute Gasteiger partial charge is 0.314 e. The number of carboxylic acid groups (broad SMARTS) is 1. The Balaban J connectivity index is 2.04. The van der Waals surface area contributed by atoms with Gasteiger partial charge in [-0.3, -0.25) is 4.79 Å². The van der Waals surface area contributed by atoms with Crippen LogP contribution in [0.25, 0.3) is 0 Å². The molecule has 3 rings (SSSR count). The zero-order valence-corrected chi connectivity index (χ0v) is 11.6. The van der Waals surface area contributed by atoms with Gasteiger partial charge in [0.05, 0.1) is 5.41 Å². The molecule has 0 amide bonds. The van der Waals surface area contributed by atoms with E-state index < -0.39 is 11.4 Å². The van der Waals surface area contributed by atoms with Crippen LogP contribution in [0.2, 0.25) is 0 Å². The summed E-state index contributed by atoms with van der Waals surface area (Å²) >= 11 is 0. The predicted octanol–water partition coefficient (Wildman–Crippen LogP) is 2.57. The third kappa shape index (κ3) is 1.88. The van der Waals surface area contributed by atoms with Crippen molar-refractivity contribution in [2.24, 2.45) is 0 Å². The van der Waals surface area contributed by atoms with Crippen LogP contribution in [0.5, 0.6) is 0 Å². The van der Waals surface area contributed by atoms with Crippen LogP contribution in [0.3, 0.4) is 0 Å². The maximum absolute atomic E-state index is 12.0. The highest BCUT2D eigenvalue weighted by Crippen LogP contribution is 2.46. The number of aliphatic carboxylic acids is 1. The number of carbonyl (C=O) groups is 1. The molecule has 2 bridgehead atoms. The van der Waals surface area contributed by atoms with Crippen molar-refractivity contribution in [2.75, 3.05) is 7.05 Å². The summed E-state index contributed by atoms with van der Waals surface area (Å²) in [4.78, 5) is 14.4. The third-order valence-corrected chi connectivity index (χ3v) is 5.13. The van der Waals surface area contributed by atoms with E-state index in [1.807, 2.05) is 25.1 Å². The molecule has 2 atom stereocenters. The van der Waals surface area contributed by atoms with E-state index in [9.17, 15) is 9.90 Å². The van der Waals surface area contributed by atoms with Crippen LogP contribution in [0.15, 0.2) is 24.3 Å². The molecule has 1 aromatic rings. The van der Waals surface area contributed by atoms with E-state index in [2.05, 4.69) is 18.0 Å². The fourth-order valence-corrected chi connectivity index (χ4v) is 3.95. The van der Waals surface area contributed by atoms with Crippen LogP contribution in [-0.4, -0.2) is 35.1 Å². The Morgan fingerprint density at radius 1 is 1.32 bits per heavy atom. The highest BCUT2D eigenvalue weighted by molar-refractivity contribution is 5.82. The van der Waals surface area contributed by atoms with Gasteiger partial charge in [0, 0.05) is 12.1 Å². The molecule has 2 saturated heterocycles. The highest BCUT2D eigenvalue weighted by atomic mass is 16.4. The van der Waals surface area contributed by atoms with E-state index in [0.29, 0.717) is 12.1 Å². The number of carboxylic acids is 1. The van der Waals surface area contributed by atoms with Gasteiger partial charge in [0.15, 0.2) is 0 Å². The zero-order valence-electron chi connectivity index (χ0n) is 11.6.